The second kappa shape index (κ2) is 10.2. The highest BCUT2D eigenvalue weighted by molar-refractivity contribution is 5.95. The highest BCUT2D eigenvalue weighted by Crippen LogP contribution is 2.16. The number of anilines is 1. The zero-order chi connectivity index (χ0) is 22.9. The predicted molar refractivity (Wildman–Crippen MR) is 119 cm³/mol. The van der Waals surface area contributed by atoms with Crippen LogP contribution in [0.15, 0.2) is 83.0 Å². The van der Waals surface area contributed by atoms with Gasteiger partial charge in [-0.05, 0) is 36.4 Å². The summed E-state index contributed by atoms with van der Waals surface area (Å²) in [5, 5.41) is 29.7. The van der Waals surface area contributed by atoms with Gasteiger partial charge in [-0.15, -0.1) is 0 Å². The summed E-state index contributed by atoms with van der Waals surface area (Å²) in [4.78, 5) is 33.2. The van der Waals surface area contributed by atoms with Gasteiger partial charge in [0.05, 0.1) is 39.1 Å². The van der Waals surface area contributed by atoms with Gasteiger partial charge in [-0.3, -0.25) is 30.4 Å². The molecule has 0 spiro atoms. The molecule has 11 heteroatoms. The van der Waals surface area contributed by atoms with E-state index in [-0.39, 0.29) is 16.9 Å². The molecule has 32 heavy (non-hydrogen) atoms. The summed E-state index contributed by atoms with van der Waals surface area (Å²) in [5.74, 6) is -0.505. The monoisotopic (exact) mass is 432 g/mol. The number of nitrogens with one attached hydrogen (secondary N) is 2. The molecular formula is C21H16N6O5. The summed E-state index contributed by atoms with van der Waals surface area (Å²) in [6.45, 7) is 0. The van der Waals surface area contributed by atoms with E-state index in [1.54, 1.807) is 36.4 Å². The van der Waals surface area contributed by atoms with Crippen molar-refractivity contribution in [1.29, 1.82) is 0 Å². The summed E-state index contributed by atoms with van der Waals surface area (Å²) in [6, 6.07) is 18.4. The first-order valence-corrected chi connectivity index (χ1v) is 9.15. The number of benzene rings is 3. The van der Waals surface area contributed by atoms with E-state index in [2.05, 4.69) is 21.1 Å². The van der Waals surface area contributed by atoms with Gasteiger partial charge in [0.2, 0.25) is 0 Å². The van der Waals surface area contributed by atoms with Crippen LogP contribution in [0.2, 0.25) is 0 Å². The molecule has 0 saturated heterocycles. The number of hydrogen-bond donors (Lipinski definition) is 2. The van der Waals surface area contributed by atoms with E-state index >= 15 is 0 Å². The molecule has 0 heterocycles. The average Bonchev–Trinajstić information content (AvgIpc) is 2.80. The molecule has 3 aromatic rings. The Balaban J connectivity index is 1.59. The van der Waals surface area contributed by atoms with Gasteiger partial charge in [0.25, 0.3) is 17.3 Å². The van der Waals surface area contributed by atoms with Gasteiger partial charge < -0.3 is 0 Å². The molecule has 0 fully saturated rings. The van der Waals surface area contributed by atoms with Gasteiger partial charge in [0.1, 0.15) is 0 Å². The summed E-state index contributed by atoms with van der Waals surface area (Å²) < 4.78 is 0. The maximum Gasteiger partial charge on any atom is 0.278 e. The van der Waals surface area contributed by atoms with Crippen LogP contribution in [0.4, 0.5) is 17.1 Å². The van der Waals surface area contributed by atoms with Gasteiger partial charge >= 0.3 is 0 Å². The molecule has 0 bridgehead atoms. The van der Waals surface area contributed by atoms with Crippen LogP contribution in [0.3, 0.4) is 0 Å². The van der Waals surface area contributed by atoms with Crippen molar-refractivity contribution in [2.45, 2.75) is 0 Å². The van der Waals surface area contributed by atoms with Crippen LogP contribution in [0.5, 0.6) is 0 Å². The van der Waals surface area contributed by atoms with E-state index in [1.807, 2.05) is 0 Å². The van der Waals surface area contributed by atoms with Crippen molar-refractivity contribution in [3.8, 4) is 0 Å². The Kier molecular flexibility index (Phi) is 6.94. The van der Waals surface area contributed by atoms with Crippen LogP contribution in [0, 0.1) is 20.2 Å². The number of carbonyl (C=O) groups excluding carboxylic acids is 1. The lowest BCUT2D eigenvalue weighted by molar-refractivity contribution is -0.385. The molecule has 0 unspecified atom stereocenters. The van der Waals surface area contributed by atoms with Crippen LogP contribution < -0.4 is 10.9 Å². The van der Waals surface area contributed by atoms with Gasteiger partial charge in [0.15, 0.2) is 0 Å². The third kappa shape index (κ3) is 5.57. The first kappa shape index (κ1) is 21.8. The van der Waals surface area contributed by atoms with Crippen LogP contribution >= 0.6 is 0 Å². The van der Waals surface area contributed by atoms with Crippen LogP contribution in [0.1, 0.15) is 21.5 Å². The van der Waals surface area contributed by atoms with E-state index in [4.69, 9.17) is 0 Å². The van der Waals surface area contributed by atoms with Gasteiger partial charge in [-0.2, -0.15) is 10.2 Å². The van der Waals surface area contributed by atoms with E-state index in [9.17, 15) is 25.0 Å². The zero-order valence-electron chi connectivity index (χ0n) is 16.4. The molecule has 0 radical (unpaired) electrons. The number of nitrogens with zero attached hydrogens (tertiary/aromatic N) is 4. The normalized spacial score (nSPS) is 10.9. The van der Waals surface area contributed by atoms with Crippen LogP contribution in [-0.2, 0) is 0 Å². The predicted octanol–water partition coefficient (Wildman–Crippen LogP) is 3.71. The number of rotatable bonds is 8. The van der Waals surface area contributed by atoms with Gasteiger partial charge in [-0.25, -0.2) is 5.43 Å². The fourth-order valence-corrected chi connectivity index (χ4v) is 2.62. The minimum Gasteiger partial charge on any atom is -0.279 e. The topological polar surface area (TPSA) is 152 Å². The van der Waals surface area contributed by atoms with Crippen LogP contribution in [-0.4, -0.2) is 28.2 Å². The Labute approximate surface area is 181 Å². The number of carbonyl (C=O) groups is 1. The number of para-hydroxylation sites is 2. The smallest absolute Gasteiger partial charge is 0.278 e. The number of nitro benzene ring substituents is 2. The Morgan fingerprint density at radius 1 is 0.750 bits per heavy atom. The molecule has 0 aromatic heterocycles. The maximum atomic E-state index is 12.2. The lowest BCUT2D eigenvalue weighted by Gasteiger charge is -2.03. The molecule has 1 amide bonds. The molecule has 0 saturated carbocycles. The summed E-state index contributed by atoms with van der Waals surface area (Å²) in [5.41, 5.74) is 6.31. The Morgan fingerprint density at radius 3 is 1.78 bits per heavy atom. The van der Waals surface area contributed by atoms with Crippen molar-refractivity contribution in [1.82, 2.24) is 5.43 Å². The van der Waals surface area contributed by atoms with Crippen molar-refractivity contribution < 1.29 is 14.6 Å². The Morgan fingerprint density at radius 2 is 1.25 bits per heavy atom. The fourth-order valence-electron chi connectivity index (χ4n) is 2.62. The second-order valence-corrected chi connectivity index (χ2v) is 6.28. The number of amides is 1. The first-order valence-electron chi connectivity index (χ1n) is 9.15. The third-order valence-corrected chi connectivity index (χ3v) is 4.18. The molecule has 3 aromatic carbocycles. The molecular weight excluding hydrogens is 416 g/mol. The average molecular weight is 432 g/mol. The maximum absolute atomic E-state index is 12.2. The van der Waals surface area contributed by atoms with Crippen molar-refractivity contribution in [3.05, 3.63) is 110 Å². The third-order valence-electron chi connectivity index (χ3n) is 4.18. The number of hydrogen-bond acceptors (Lipinski definition) is 8. The summed E-state index contributed by atoms with van der Waals surface area (Å²) in [6.07, 6.45) is 2.53. The Bertz CT molecular complexity index is 1210. The Hall–Kier alpha value is -4.93. The first-order chi connectivity index (χ1) is 15.5. The minimum atomic E-state index is -0.534. The highest BCUT2D eigenvalue weighted by Gasteiger charge is 2.11. The molecule has 2 N–H and O–H groups in total. The molecule has 3 rings (SSSR count). The van der Waals surface area contributed by atoms with Gasteiger partial charge in [0, 0.05) is 17.7 Å². The quantitative estimate of drug-likeness (QED) is 0.314. The van der Waals surface area contributed by atoms with Crippen molar-refractivity contribution in [2.75, 3.05) is 5.43 Å². The van der Waals surface area contributed by atoms with E-state index in [0.717, 1.165) is 0 Å². The SMILES string of the molecule is O=C(N/N=C/c1ccccc1[N+](=O)[O-])c1ccc(N/N=C/c2ccccc2[N+](=O)[O-])cc1. The van der Waals surface area contributed by atoms with E-state index in [0.29, 0.717) is 16.8 Å². The lowest BCUT2D eigenvalue weighted by atomic mass is 10.2. The van der Waals surface area contributed by atoms with E-state index < -0.39 is 15.8 Å². The summed E-state index contributed by atoms with van der Waals surface area (Å²) >= 11 is 0. The van der Waals surface area contributed by atoms with Crippen LogP contribution in [0.25, 0.3) is 0 Å². The molecule has 11 nitrogen and oxygen atoms in total. The standard InChI is InChI=1S/C21H16N6O5/c28-21(25-23-14-17-6-2-4-8-20(17)27(31)32)15-9-11-18(12-10-15)24-22-13-16-5-1-3-7-19(16)26(29)30/h1-14,24H,(H,25,28)/b22-13+,23-14+. The molecule has 160 valence electrons. The van der Waals surface area contributed by atoms with Crippen molar-refractivity contribution in [2.24, 2.45) is 10.2 Å². The second-order valence-electron chi connectivity index (χ2n) is 6.28. The molecule has 0 atom stereocenters. The number of hydrazone groups is 2. The molecule has 0 aliphatic carbocycles. The number of nitro groups is 2. The lowest BCUT2D eigenvalue weighted by Crippen LogP contribution is -2.17. The molecule has 0 aliphatic rings. The molecule has 0 aliphatic heterocycles. The minimum absolute atomic E-state index is 0.0635. The largest absolute Gasteiger partial charge is 0.279 e. The van der Waals surface area contributed by atoms with E-state index in [1.165, 1.54) is 48.8 Å². The van der Waals surface area contributed by atoms with Crippen molar-refractivity contribution >= 4 is 35.4 Å². The summed E-state index contributed by atoms with van der Waals surface area (Å²) in [7, 11) is 0. The fraction of sp³-hybridized carbons (Fsp3) is 0. The highest BCUT2D eigenvalue weighted by atomic mass is 16.6. The van der Waals surface area contributed by atoms with Gasteiger partial charge in [-0.1, -0.05) is 24.3 Å². The van der Waals surface area contributed by atoms with Crippen molar-refractivity contribution in [3.63, 3.8) is 0 Å². The zero-order valence-corrected chi connectivity index (χ0v) is 16.4.